The van der Waals surface area contributed by atoms with E-state index < -0.39 is 0 Å². The number of carbonyl (C=O) groups excluding carboxylic acids is 1. The zero-order valence-corrected chi connectivity index (χ0v) is 12.3. The first-order valence-electron chi connectivity index (χ1n) is 7.03. The van der Waals surface area contributed by atoms with Gasteiger partial charge in [-0.1, -0.05) is 0 Å². The van der Waals surface area contributed by atoms with E-state index in [9.17, 15) is 4.79 Å². The predicted octanol–water partition coefficient (Wildman–Crippen LogP) is 2.46. The summed E-state index contributed by atoms with van der Waals surface area (Å²) in [5, 5.41) is 9.88. The molecule has 5 nitrogen and oxygen atoms in total. The minimum Gasteiger partial charge on any atom is -0.351 e. The maximum absolute atomic E-state index is 12.1. The van der Waals surface area contributed by atoms with E-state index in [0.29, 0.717) is 12.6 Å². The number of nitrogens with one attached hydrogen (secondary N) is 2. The second kappa shape index (κ2) is 6.41. The Balaban J connectivity index is 1.81. The van der Waals surface area contributed by atoms with Gasteiger partial charge in [-0.15, -0.1) is 0 Å². The summed E-state index contributed by atoms with van der Waals surface area (Å²) >= 11 is 0. The van der Waals surface area contributed by atoms with Crippen LogP contribution in [0.3, 0.4) is 0 Å². The summed E-state index contributed by atoms with van der Waals surface area (Å²) in [6.45, 7) is 6.82. The average molecular weight is 274 g/mol. The third-order valence-corrected chi connectivity index (χ3v) is 3.41. The Kier molecular flexibility index (Phi) is 4.61. The number of hydrogen-bond acceptors (Lipinski definition) is 2. The molecular formula is C15H22N4O. The third-order valence-electron chi connectivity index (χ3n) is 3.41. The Morgan fingerprint density at radius 2 is 2.30 bits per heavy atom. The molecule has 2 N–H and O–H groups in total. The van der Waals surface area contributed by atoms with Gasteiger partial charge in [-0.25, -0.2) is 0 Å². The predicted molar refractivity (Wildman–Crippen MR) is 78.8 cm³/mol. The molecule has 0 aromatic carbocycles. The molecule has 0 aliphatic heterocycles. The summed E-state index contributed by atoms with van der Waals surface area (Å²) in [5.41, 5.74) is 3.04. The Hall–Kier alpha value is -2.04. The van der Waals surface area contributed by atoms with Crippen molar-refractivity contribution in [2.45, 2.75) is 39.7 Å². The smallest absolute Gasteiger partial charge is 0.267 e. The maximum Gasteiger partial charge on any atom is 0.267 e. The highest BCUT2D eigenvalue weighted by Crippen LogP contribution is 2.10. The monoisotopic (exact) mass is 274 g/mol. The van der Waals surface area contributed by atoms with E-state index in [1.807, 2.05) is 36.0 Å². The minimum absolute atomic E-state index is 0.00684. The van der Waals surface area contributed by atoms with Gasteiger partial charge in [0, 0.05) is 24.5 Å². The fourth-order valence-corrected chi connectivity index (χ4v) is 2.24. The lowest BCUT2D eigenvalue weighted by atomic mass is 10.1. The highest BCUT2D eigenvalue weighted by atomic mass is 16.1. The van der Waals surface area contributed by atoms with Crippen LogP contribution in [-0.2, 0) is 6.42 Å². The van der Waals surface area contributed by atoms with E-state index in [4.69, 9.17) is 0 Å². The van der Waals surface area contributed by atoms with Gasteiger partial charge in [-0.3, -0.25) is 9.89 Å². The summed E-state index contributed by atoms with van der Waals surface area (Å²) < 4.78 is 1.98. The number of aromatic nitrogens is 3. The molecule has 5 heteroatoms. The van der Waals surface area contributed by atoms with Crippen molar-refractivity contribution in [1.29, 1.82) is 0 Å². The number of H-pyrrole nitrogens is 1. The van der Waals surface area contributed by atoms with E-state index in [1.165, 1.54) is 5.56 Å². The van der Waals surface area contributed by atoms with Gasteiger partial charge in [0.25, 0.3) is 5.91 Å². The second-order valence-electron chi connectivity index (χ2n) is 5.27. The molecule has 2 aromatic rings. The van der Waals surface area contributed by atoms with Gasteiger partial charge in [0.1, 0.15) is 5.69 Å². The van der Waals surface area contributed by atoms with E-state index in [1.54, 1.807) is 0 Å². The molecule has 1 amide bonds. The lowest BCUT2D eigenvalue weighted by Gasteiger charge is -2.12. The number of rotatable bonds is 6. The standard InChI is InChI=1S/C15H22N4O/c1-11(2)19-9-5-7-14(19)15(20)16-8-4-6-13-10-17-18-12(13)3/h5,7,9-11H,4,6,8H2,1-3H3,(H,16,20)(H,17,18). The molecule has 0 fully saturated rings. The van der Waals surface area contributed by atoms with Crippen LogP contribution in [0, 0.1) is 6.92 Å². The Bertz CT molecular complexity index is 568. The number of aryl methyl sites for hydroxylation is 2. The Morgan fingerprint density at radius 3 is 2.95 bits per heavy atom. The largest absolute Gasteiger partial charge is 0.351 e. The molecule has 2 rings (SSSR count). The quantitative estimate of drug-likeness (QED) is 0.795. The second-order valence-corrected chi connectivity index (χ2v) is 5.27. The fraction of sp³-hybridized carbons (Fsp3) is 0.467. The van der Waals surface area contributed by atoms with Gasteiger partial charge in [0.05, 0.1) is 6.20 Å². The van der Waals surface area contributed by atoms with E-state index >= 15 is 0 Å². The third kappa shape index (κ3) is 3.29. The first kappa shape index (κ1) is 14.4. The number of nitrogens with zero attached hydrogens (tertiary/aromatic N) is 2. The molecule has 0 atom stereocenters. The van der Waals surface area contributed by atoms with Crippen molar-refractivity contribution >= 4 is 5.91 Å². The average Bonchev–Trinajstić information content (AvgIpc) is 3.03. The van der Waals surface area contributed by atoms with Crippen molar-refractivity contribution in [1.82, 2.24) is 20.1 Å². The molecule has 0 spiro atoms. The maximum atomic E-state index is 12.1. The highest BCUT2D eigenvalue weighted by molar-refractivity contribution is 5.92. The summed E-state index contributed by atoms with van der Waals surface area (Å²) in [6.07, 6.45) is 5.62. The van der Waals surface area contributed by atoms with Crippen molar-refractivity contribution in [3.05, 3.63) is 41.5 Å². The van der Waals surface area contributed by atoms with Crippen LogP contribution in [0.4, 0.5) is 0 Å². The SMILES string of the molecule is Cc1[nH]ncc1CCCNC(=O)c1cccn1C(C)C. The van der Waals surface area contributed by atoms with Gasteiger partial charge >= 0.3 is 0 Å². The van der Waals surface area contributed by atoms with Crippen LogP contribution in [0.5, 0.6) is 0 Å². The summed E-state index contributed by atoms with van der Waals surface area (Å²) in [5.74, 6) is -0.00684. The molecule has 0 aliphatic rings. The van der Waals surface area contributed by atoms with Crippen LogP contribution in [-0.4, -0.2) is 27.2 Å². The van der Waals surface area contributed by atoms with Gasteiger partial charge in [-0.2, -0.15) is 5.10 Å². The molecule has 0 saturated heterocycles. The Labute approximate surface area is 119 Å². The van der Waals surface area contributed by atoms with Crippen LogP contribution < -0.4 is 5.32 Å². The lowest BCUT2D eigenvalue weighted by molar-refractivity contribution is 0.0942. The molecule has 2 heterocycles. The van der Waals surface area contributed by atoms with Crippen molar-refractivity contribution in [2.75, 3.05) is 6.54 Å². The molecule has 2 aromatic heterocycles. The van der Waals surface area contributed by atoms with Crippen LogP contribution in [0.15, 0.2) is 24.5 Å². The minimum atomic E-state index is -0.00684. The normalized spacial score (nSPS) is 11.0. The summed E-state index contributed by atoms with van der Waals surface area (Å²) in [6, 6.07) is 4.05. The lowest BCUT2D eigenvalue weighted by Crippen LogP contribution is -2.27. The number of carbonyl (C=O) groups is 1. The molecule has 0 bridgehead atoms. The number of aromatic amines is 1. The van der Waals surface area contributed by atoms with Gasteiger partial charge < -0.3 is 9.88 Å². The summed E-state index contributed by atoms with van der Waals surface area (Å²) in [4.78, 5) is 12.1. The van der Waals surface area contributed by atoms with Gasteiger partial charge in [0.2, 0.25) is 0 Å². The van der Waals surface area contributed by atoms with Crippen LogP contribution in [0.1, 0.15) is 48.1 Å². The van der Waals surface area contributed by atoms with Gasteiger partial charge in [-0.05, 0) is 51.3 Å². The van der Waals surface area contributed by atoms with Gasteiger partial charge in [0.15, 0.2) is 0 Å². The van der Waals surface area contributed by atoms with Crippen LogP contribution >= 0.6 is 0 Å². The van der Waals surface area contributed by atoms with Crippen molar-refractivity contribution in [3.63, 3.8) is 0 Å². The van der Waals surface area contributed by atoms with E-state index in [-0.39, 0.29) is 5.91 Å². The highest BCUT2D eigenvalue weighted by Gasteiger charge is 2.11. The fourth-order valence-electron chi connectivity index (χ4n) is 2.24. The van der Waals surface area contributed by atoms with Crippen molar-refractivity contribution < 1.29 is 4.79 Å². The topological polar surface area (TPSA) is 62.7 Å². The van der Waals surface area contributed by atoms with Crippen LogP contribution in [0.25, 0.3) is 0 Å². The molecule has 20 heavy (non-hydrogen) atoms. The molecule has 108 valence electrons. The van der Waals surface area contributed by atoms with Crippen LogP contribution in [0.2, 0.25) is 0 Å². The number of amides is 1. The number of hydrogen-bond donors (Lipinski definition) is 2. The first-order chi connectivity index (χ1) is 9.59. The molecule has 0 aliphatic carbocycles. The van der Waals surface area contributed by atoms with E-state index in [0.717, 1.165) is 24.2 Å². The van der Waals surface area contributed by atoms with Crippen molar-refractivity contribution in [2.24, 2.45) is 0 Å². The molecule has 0 radical (unpaired) electrons. The zero-order valence-electron chi connectivity index (χ0n) is 12.3. The Morgan fingerprint density at radius 1 is 1.50 bits per heavy atom. The first-order valence-corrected chi connectivity index (χ1v) is 7.03. The summed E-state index contributed by atoms with van der Waals surface area (Å²) in [7, 11) is 0. The van der Waals surface area contributed by atoms with E-state index in [2.05, 4.69) is 29.4 Å². The molecular weight excluding hydrogens is 252 g/mol. The molecule has 0 unspecified atom stereocenters. The molecule has 0 saturated carbocycles. The zero-order chi connectivity index (χ0) is 14.5. The van der Waals surface area contributed by atoms with Crippen molar-refractivity contribution in [3.8, 4) is 0 Å².